The number of esters is 3. The molecule has 0 aromatic carbocycles. The van der Waals surface area contributed by atoms with Crippen molar-refractivity contribution in [2.45, 2.75) is 374 Å². The fraction of sp³-hybridized carbons (Fsp3) is 0.870. The van der Waals surface area contributed by atoms with Crippen molar-refractivity contribution in [1.82, 2.24) is 0 Å². The number of ether oxygens (including phenoxy) is 3. The highest BCUT2D eigenvalue weighted by Crippen LogP contribution is 2.18. The van der Waals surface area contributed by atoms with E-state index in [1.165, 1.54) is 250 Å². The molecule has 0 fully saturated rings. The predicted octanol–water partition coefficient (Wildman–Crippen LogP) is 22.8. The smallest absolute Gasteiger partial charge is 0.306 e. The van der Waals surface area contributed by atoms with Gasteiger partial charge in [-0.2, -0.15) is 0 Å². The van der Waals surface area contributed by atoms with Gasteiger partial charge in [-0.25, -0.2) is 0 Å². The predicted molar refractivity (Wildman–Crippen MR) is 326 cm³/mol. The van der Waals surface area contributed by atoms with Crippen LogP contribution in [0, 0.1) is 0 Å². The van der Waals surface area contributed by atoms with Gasteiger partial charge >= 0.3 is 17.9 Å². The lowest BCUT2D eigenvalue weighted by Crippen LogP contribution is -2.30. The zero-order valence-electron chi connectivity index (χ0n) is 50.6. The first-order valence-electron chi connectivity index (χ1n) is 33.5. The maximum atomic E-state index is 12.9. The molecule has 1 atom stereocenters. The molecule has 0 rings (SSSR count). The first-order valence-corrected chi connectivity index (χ1v) is 33.5. The molecule has 0 saturated heterocycles. The van der Waals surface area contributed by atoms with E-state index < -0.39 is 6.10 Å². The van der Waals surface area contributed by atoms with Crippen LogP contribution in [0.5, 0.6) is 0 Å². The van der Waals surface area contributed by atoms with E-state index >= 15 is 0 Å². The van der Waals surface area contributed by atoms with E-state index in [0.717, 1.165) is 77.0 Å². The third-order valence-corrected chi connectivity index (χ3v) is 15.1. The summed E-state index contributed by atoms with van der Waals surface area (Å²) < 4.78 is 16.9. The van der Waals surface area contributed by atoms with Crippen molar-refractivity contribution >= 4 is 17.9 Å². The molecule has 0 aliphatic carbocycles. The molecule has 0 bridgehead atoms. The molecule has 0 aliphatic heterocycles. The highest BCUT2D eigenvalue weighted by Gasteiger charge is 2.19. The first-order chi connectivity index (χ1) is 37.0. The molecular weight excluding hydrogens is 925 g/mol. The number of hydrogen-bond donors (Lipinski definition) is 0. The van der Waals surface area contributed by atoms with Gasteiger partial charge in [0.15, 0.2) is 6.10 Å². The minimum absolute atomic E-state index is 0.0723. The standard InChI is InChI=1S/C69H128O6/c1-4-7-10-13-16-19-22-24-26-28-30-32-33-34-35-37-38-40-42-44-47-50-53-56-59-62-68(71)74-65-66(64-73-67(70)61-58-55-52-49-46-21-18-15-12-9-6-3)75-69(72)63-60-57-54-51-48-45-43-41-39-36-31-29-27-25-23-20-17-14-11-8-5-2/h23,25,29,31,39,41,66H,4-22,24,26-28,30,32-38,40,42-65H2,1-3H3/b25-23-,31-29-,41-39-. The van der Waals surface area contributed by atoms with E-state index in [1.807, 2.05) is 0 Å². The van der Waals surface area contributed by atoms with Crippen molar-refractivity contribution in [3.8, 4) is 0 Å². The average Bonchev–Trinajstić information content (AvgIpc) is 3.41. The first kappa shape index (κ1) is 72.6. The summed E-state index contributed by atoms with van der Waals surface area (Å²) in [4.78, 5) is 38.3. The Balaban J connectivity index is 4.22. The molecule has 0 N–H and O–H groups in total. The lowest BCUT2D eigenvalue weighted by atomic mass is 10.0. The fourth-order valence-electron chi connectivity index (χ4n) is 10.1. The third-order valence-electron chi connectivity index (χ3n) is 15.1. The Kier molecular flexibility index (Phi) is 62.1. The number of carbonyl (C=O) groups excluding carboxylic acids is 3. The topological polar surface area (TPSA) is 78.9 Å². The molecule has 0 radical (unpaired) electrons. The number of allylic oxidation sites excluding steroid dienone is 6. The Bertz CT molecular complexity index is 1250. The van der Waals surface area contributed by atoms with E-state index in [9.17, 15) is 14.4 Å². The van der Waals surface area contributed by atoms with Gasteiger partial charge in [0.05, 0.1) is 0 Å². The number of unbranched alkanes of at least 4 members (excludes halogenated alkanes) is 45. The molecule has 0 heterocycles. The van der Waals surface area contributed by atoms with E-state index in [-0.39, 0.29) is 31.1 Å². The second-order valence-electron chi connectivity index (χ2n) is 22.7. The van der Waals surface area contributed by atoms with Crippen LogP contribution in [0.3, 0.4) is 0 Å². The van der Waals surface area contributed by atoms with Crippen LogP contribution in [0.25, 0.3) is 0 Å². The molecule has 0 spiro atoms. The average molecular weight is 1050 g/mol. The highest BCUT2D eigenvalue weighted by atomic mass is 16.6. The van der Waals surface area contributed by atoms with E-state index in [2.05, 4.69) is 57.2 Å². The minimum atomic E-state index is -0.776. The third kappa shape index (κ3) is 62.4. The Hall–Kier alpha value is -2.37. The summed E-state index contributed by atoms with van der Waals surface area (Å²) in [7, 11) is 0. The van der Waals surface area contributed by atoms with Crippen molar-refractivity contribution < 1.29 is 28.6 Å². The summed E-state index contributed by atoms with van der Waals surface area (Å²) in [5.41, 5.74) is 0. The number of carbonyl (C=O) groups is 3. The summed E-state index contributed by atoms with van der Waals surface area (Å²) in [6.07, 6.45) is 78.8. The van der Waals surface area contributed by atoms with Crippen LogP contribution in [0.1, 0.15) is 367 Å². The summed E-state index contributed by atoms with van der Waals surface area (Å²) in [5, 5.41) is 0. The molecular formula is C69H128O6. The van der Waals surface area contributed by atoms with E-state index in [1.54, 1.807) is 0 Å². The lowest BCUT2D eigenvalue weighted by Gasteiger charge is -2.18. The molecule has 0 aromatic heterocycles. The second-order valence-corrected chi connectivity index (χ2v) is 22.7. The second kappa shape index (κ2) is 64.2. The Morgan fingerprint density at radius 1 is 0.267 bits per heavy atom. The van der Waals surface area contributed by atoms with Crippen LogP contribution in [0.15, 0.2) is 36.5 Å². The summed E-state index contributed by atoms with van der Waals surface area (Å²) in [6, 6.07) is 0. The van der Waals surface area contributed by atoms with Crippen LogP contribution in [0.2, 0.25) is 0 Å². The van der Waals surface area contributed by atoms with Crippen molar-refractivity contribution in [1.29, 1.82) is 0 Å². The van der Waals surface area contributed by atoms with E-state index in [0.29, 0.717) is 19.3 Å². The zero-order valence-corrected chi connectivity index (χ0v) is 50.6. The van der Waals surface area contributed by atoms with Gasteiger partial charge in [-0.15, -0.1) is 0 Å². The van der Waals surface area contributed by atoms with Crippen molar-refractivity contribution in [3.05, 3.63) is 36.5 Å². The van der Waals surface area contributed by atoms with Crippen LogP contribution in [-0.4, -0.2) is 37.2 Å². The summed E-state index contributed by atoms with van der Waals surface area (Å²) in [5.74, 6) is -0.861. The molecule has 440 valence electrons. The Labute approximate surface area is 467 Å². The van der Waals surface area contributed by atoms with Gasteiger partial charge in [0.1, 0.15) is 13.2 Å². The van der Waals surface area contributed by atoms with Crippen molar-refractivity contribution in [3.63, 3.8) is 0 Å². The molecule has 0 aromatic rings. The highest BCUT2D eigenvalue weighted by molar-refractivity contribution is 5.71. The van der Waals surface area contributed by atoms with Gasteiger partial charge in [0, 0.05) is 19.3 Å². The summed E-state index contributed by atoms with van der Waals surface area (Å²) >= 11 is 0. The molecule has 0 amide bonds. The fourth-order valence-corrected chi connectivity index (χ4v) is 10.1. The van der Waals surface area contributed by atoms with E-state index in [4.69, 9.17) is 14.2 Å². The maximum Gasteiger partial charge on any atom is 0.306 e. The van der Waals surface area contributed by atoms with Crippen molar-refractivity contribution in [2.24, 2.45) is 0 Å². The van der Waals surface area contributed by atoms with Crippen LogP contribution in [-0.2, 0) is 28.6 Å². The van der Waals surface area contributed by atoms with Crippen LogP contribution < -0.4 is 0 Å². The van der Waals surface area contributed by atoms with Crippen LogP contribution >= 0.6 is 0 Å². The quantitative estimate of drug-likeness (QED) is 0.0261. The Morgan fingerprint density at radius 3 is 0.747 bits per heavy atom. The SMILES string of the molecule is CCCCCCC/C=C\C/C=C\C/C=C\CCCCCCCCC(=O)OC(COC(=O)CCCCCCCCCCCCC)COC(=O)CCCCCCCCCCCCCCCCCCCCCCCCCCC. The monoisotopic (exact) mass is 1050 g/mol. The summed E-state index contributed by atoms with van der Waals surface area (Å²) in [6.45, 7) is 6.67. The molecule has 1 unspecified atom stereocenters. The normalized spacial score (nSPS) is 12.2. The minimum Gasteiger partial charge on any atom is -0.462 e. The molecule has 6 nitrogen and oxygen atoms in total. The molecule has 6 heteroatoms. The Morgan fingerprint density at radius 2 is 0.480 bits per heavy atom. The number of hydrogen-bond acceptors (Lipinski definition) is 6. The maximum absolute atomic E-state index is 12.9. The zero-order chi connectivity index (χ0) is 54.3. The molecule has 0 saturated carbocycles. The van der Waals surface area contributed by atoms with Gasteiger partial charge in [0.25, 0.3) is 0 Å². The largest absolute Gasteiger partial charge is 0.462 e. The van der Waals surface area contributed by atoms with Crippen LogP contribution in [0.4, 0.5) is 0 Å². The van der Waals surface area contributed by atoms with Gasteiger partial charge < -0.3 is 14.2 Å². The lowest BCUT2D eigenvalue weighted by molar-refractivity contribution is -0.167. The van der Waals surface area contributed by atoms with Gasteiger partial charge in [0.2, 0.25) is 0 Å². The molecule has 0 aliphatic rings. The van der Waals surface area contributed by atoms with Crippen molar-refractivity contribution in [2.75, 3.05) is 13.2 Å². The van der Waals surface area contributed by atoms with Gasteiger partial charge in [-0.3, -0.25) is 14.4 Å². The van der Waals surface area contributed by atoms with Gasteiger partial charge in [-0.05, 0) is 57.8 Å². The molecule has 75 heavy (non-hydrogen) atoms. The van der Waals surface area contributed by atoms with Gasteiger partial charge in [-0.1, -0.05) is 327 Å². The number of rotatable bonds is 62.